The van der Waals surface area contributed by atoms with Gasteiger partial charge in [0.2, 0.25) is 0 Å². The molecule has 2 N–H and O–H groups in total. The van der Waals surface area contributed by atoms with Crippen molar-refractivity contribution in [3.8, 4) is 0 Å². The van der Waals surface area contributed by atoms with Crippen LogP contribution in [0.25, 0.3) is 0 Å². The SMILES string of the molecule is NC1=CCC=CC1. The highest BCUT2D eigenvalue weighted by molar-refractivity contribution is 5.10. The Morgan fingerprint density at radius 2 is 2.29 bits per heavy atom. The summed E-state index contributed by atoms with van der Waals surface area (Å²) < 4.78 is 0. The molecule has 0 atom stereocenters. The molecule has 1 heteroatoms. The first kappa shape index (κ1) is 4.44. The number of nitrogens with two attached hydrogens (primary N) is 1. The van der Waals surface area contributed by atoms with Gasteiger partial charge in [0.25, 0.3) is 0 Å². The first-order valence-corrected chi connectivity index (χ1v) is 2.49. The minimum Gasteiger partial charge on any atom is -0.402 e. The van der Waals surface area contributed by atoms with Gasteiger partial charge in [0, 0.05) is 12.1 Å². The zero-order chi connectivity index (χ0) is 5.11. The molecule has 0 bridgehead atoms. The van der Waals surface area contributed by atoms with E-state index < -0.39 is 0 Å². The highest BCUT2D eigenvalue weighted by Crippen LogP contribution is 2.03. The molecule has 1 aliphatic rings. The molecule has 1 nitrogen and oxygen atoms in total. The Bertz CT molecular complexity index is 111. The maximum absolute atomic E-state index is 5.44. The quantitative estimate of drug-likeness (QED) is 0.449. The molecule has 0 aliphatic heterocycles. The van der Waals surface area contributed by atoms with Gasteiger partial charge in [-0.25, -0.2) is 0 Å². The number of hydrogen-bond donors (Lipinski definition) is 1. The maximum Gasteiger partial charge on any atom is 0.00814 e. The molecule has 1 aliphatic carbocycles. The van der Waals surface area contributed by atoms with Crippen molar-refractivity contribution in [2.24, 2.45) is 5.73 Å². The molecule has 0 heterocycles. The van der Waals surface area contributed by atoms with Crippen molar-refractivity contribution in [1.82, 2.24) is 0 Å². The van der Waals surface area contributed by atoms with E-state index in [1.807, 2.05) is 6.08 Å². The lowest BCUT2D eigenvalue weighted by Gasteiger charge is -1.98. The Kier molecular flexibility index (Phi) is 1.16. The van der Waals surface area contributed by atoms with Crippen molar-refractivity contribution >= 4 is 0 Å². The third kappa shape index (κ3) is 1.07. The van der Waals surface area contributed by atoms with Gasteiger partial charge in [0.1, 0.15) is 0 Å². The zero-order valence-electron chi connectivity index (χ0n) is 4.22. The molecule has 0 aromatic carbocycles. The van der Waals surface area contributed by atoms with E-state index in [1.54, 1.807) is 0 Å². The van der Waals surface area contributed by atoms with Crippen LogP contribution in [-0.2, 0) is 0 Å². The molecule has 0 unspecified atom stereocenters. The highest BCUT2D eigenvalue weighted by Gasteiger charge is 1.87. The Morgan fingerprint density at radius 1 is 1.43 bits per heavy atom. The van der Waals surface area contributed by atoms with E-state index in [0.717, 1.165) is 18.5 Å². The molecule has 0 radical (unpaired) electrons. The van der Waals surface area contributed by atoms with Crippen LogP contribution in [0, 0.1) is 0 Å². The van der Waals surface area contributed by atoms with E-state index in [0.29, 0.717) is 0 Å². The molecule has 0 spiro atoms. The van der Waals surface area contributed by atoms with E-state index in [9.17, 15) is 0 Å². The fourth-order valence-corrected chi connectivity index (χ4v) is 0.618. The molecule has 7 heavy (non-hydrogen) atoms. The number of hydrogen-bond acceptors (Lipinski definition) is 1. The molecule has 0 aromatic heterocycles. The summed E-state index contributed by atoms with van der Waals surface area (Å²) in [5.74, 6) is 0. The van der Waals surface area contributed by atoms with E-state index >= 15 is 0 Å². The summed E-state index contributed by atoms with van der Waals surface area (Å²) in [5, 5.41) is 0. The van der Waals surface area contributed by atoms with Crippen molar-refractivity contribution in [1.29, 1.82) is 0 Å². The predicted molar refractivity (Wildman–Crippen MR) is 30.6 cm³/mol. The summed E-state index contributed by atoms with van der Waals surface area (Å²) in [5.41, 5.74) is 6.45. The second-order valence-electron chi connectivity index (χ2n) is 1.69. The molecule has 38 valence electrons. The molecule has 0 fully saturated rings. The second kappa shape index (κ2) is 1.82. The lowest BCUT2D eigenvalue weighted by atomic mass is 10.2. The van der Waals surface area contributed by atoms with Crippen LogP contribution in [0.2, 0.25) is 0 Å². The minimum absolute atomic E-state index is 0.944. The van der Waals surface area contributed by atoms with Gasteiger partial charge in [-0.05, 0) is 6.42 Å². The molecule has 0 amide bonds. The first-order valence-electron chi connectivity index (χ1n) is 2.49. The molecule has 0 saturated heterocycles. The highest BCUT2D eigenvalue weighted by atomic mass is 14.6. The molecule has 0 saturated carbocycles. The molecular weight excluding hydrogens is 86.1 g/mol. The largest absolute Gasteiger partial charge is 0.402 e. The zero-order valence-corrected chi connectivity index (χ0v) is 4.22. The molecular formula is C6H9N. The van der Waals surface area contributed by atoms with E-state index in [1.165, 1.54) is 0 Å². The van der Waals surface area contributed by atoms with Gasteiger partial charge in [-0.1, -0.05) is 18.2 Å². The topological polar surface area (TPSA) is 26.0 Å². The Labute approximate surface area is 43.5 Å². The smallest absolute Gasteiger partial charge is 0.00814 e. The Morgan fingerprint density at radius 3 is 2.57 bits per heavy atom. The normalized spacial score (nSPS) is 19.1. The van der Waals surface area contributed by atoms with Crippen LogP contribution < -0.4 is 5.73 Å². The fourth-order valence-electron chi connectivity index (χ4n) is 0.618. The van der Waals surface area contributed by atoms with Gasteiger partial charge in [0.05, 0.1) is 0 Å². The van der Waals surface area contributed by atoms with Gasteiger partial charge >= 0.3 is 0 Å². The van der Waals surface area contributed by atoms with Crippen LogP contribution >= 0.6 is 0 Å². The monoisotopic (exact) mass is 95.1 g/mol. The predicted octanol–water partition coefficient (Wildman–Crippen LogP) is 1.18. The lowest BCUT2D eigenvalue weighted by molar-refractivity contribution is 1.09. The maximum atomic E-state index is 5.44. The standard InChI is InChI=1S/C6H9N/c7-6-4-2-1-3-5-6/h1-2,5H,3-4,7H2. The van der Waals surface area contributed by atoms with Crippen LogP contribution in [0.5, 0.6) is 0 Å². The number of rotatable bonds is 0. The summed E-state index contributed by atoms with van der Waals surface area (Å²) in [6.45, 7) is 0. The van der Waals surface area contributed by atoms with Crippen molar-refractivity contribution in [2.75, 3.05) is 0 Å². The van der Waals surface area contributed by atoms with Crippen LogP contribution in [0.3, 0.4) is 0 Å². The van der Waals surface area contributed by atoms with Crippen LogP contribution in [0.1, 0.15) is 12.8 Å². The average molecular weight is 95.1 g/mol. The number of allylic oxidation sites excluding steroid dienone is 3. The summed E-state index contributed by atoms with van der Waals surface area (Å²) in [7, 11) is 0. The van der Waals surface area contributed by atoms with Gasteiger partial charge < -0.3 is 5.73 Å². The van der Waals surface area contributed by atoms with Crippen LogP contribution in [0.4, 0.5) is 0 Å². The summed E-state index contributed by atoms with van der Waals surface area (Å²) in [6, 6.07) is 0. The van der Waals surface area contributed by atoms with Gasteiger partial charge in [-0.3, -0.25) is 0 Å². The first-order chi connectivity index (χ1) is 3.39. The van der Waals surface area contributed by atoms with Gasteiger partial charge in [-0.2, -0.15) is 0 Å². The lowest BCUT2D eigenvalue weighted by Crippen LogP contribution is -1.96. The van der Waals surface area contributed by atoms with Gasteiger partial charge in [-0.15, -0.1) is 0 Å². The Balaban J connectivity index is 2.50. The second-order valence-corrected chi connectivity index (χ2v) is 1.69. The van der Waals surface area contributed by atoms with Crippen molar-refractivity contribution in [3.63, 3.8) is 0 Å². The molecule has 0 aromatic rings. The summed E-state index contributed by atoms with van der Waals surface area (Å²) in [6.07, 6.45) is 8.22. The summed E-state index contributed by atoms with van der Waals surface area (Å²) >= 11 is 0. The van der Waals surface area contributed by atoms with E-state index in [4.69, 9.17) is 5.73 Å². The summed E-state index contributed by atoms with van der Waals surface area (Å²) in [4.78, 5) is 0. The van der Waals surface area contributed by atoms with Crippen molar-refractivity contribution < 1.29 is 0 Å². The fraction of sp³-hybridized carbons (Fsp3) is 0.333. The van der Waals surface area contributed by atoms with Gasteiger partial charge in [0.15, 0.2) is 0 Å². The average Bonchev–Trinajstić information content (AvgIpc) is 1.69. The van der Waals surface area contributed by atoms with Crippen molar-refractivity contribution in [3.05, 3.63) is 23.9 Å². The third-order valence-electron chi connectivity index (χ3n) is 1.04. The van der Waals surface area contributed by atoms with E-state index in [-0.39, 0.29) is 0 Å². The van der Waals surface area contributed by atoms with Crippen LogP contribution in [-0.4, -0.2) is 0 Å². The molecule has 1 rings (SSSR count). The minimum atomic E-state index is 0.944. The van der Waals surface area contributed by atoms with Crippen LogP contribution in [0.15, 0.2) is 23.9 Å². The third-order valence-corrected chi connectivity index (χ3v) is 1.04. The Hall–Kier alpha value is -0.720. The van der Waals surface area contributed by atoms with Crippen molar-refractivity contribution in [2.45, 2.75) is 12.8 Å². The van der Waals surface area contributed by atoms with E-state index in [2.05, 4.69) is 12.2 Å².